The van der Waals surface area contributed by atoms with Gasteiger partial charge in [-0.2, -0.15) is 0 Å². The Hall–Kier alpha value is -3.82. The van der Waals surface area contributed by atoms with E-state index >= 15 is 0 Å². The van der Waals surface area contributed by atoms with Gasteiger partial charge in [-0.15, -0.1) is 0 Å². The number of nitrogens with one attached hydrogen (secondary N) is 2. The first kappa shape index (κ1) is 34.4. The van der Waals surface area contributed by atoms with Crippen LogP contribution >= 0.6 is 0 Å². The van der Waals surface area contributed by atoms with E-state index in [1.165, 1.54) is 0 Å². The summed E-state index contributed by atoms with van der Waals surface area (Å²) < 4.78 is 34.3. The van der Waals surface area contributed by atoms with Crippen LogP contribution in [0.25, 0.3) is 0 Å². The smallest absolute Gasteiger partial charge is 0.251 e. The molecule has 2 rings (SSSR count). The van der Waals surface area contributed by atoms with E-state index < -0.39 is 0 Å². The Morgan fingerprint density at radius 3 is 1.02 bits per heavy atom. The van der Waals surface area contributed by atoms with E-state index in [-0.39, 0.29) is 11.8 Å². The topological polar surface area (TPSA) is 114 Å². The summed E-state index contributed by atoms with van der Waals surface area (Å²) >= 11 is 0. The van der Waals surface area contributed by atoms with Crippen LogP contribution < -0.4 is 39.1 Å². The maximum Gasteiger partial charge on any atom is 0.251 e. The van der Waals surface area contributed by atoms with Gasteiger partial charge in [0.05, 0.1) is 39.6 Å². The zero-order chi connectivity index (χ0) is 30.7. The number of carbonyl (C=O) groups is 2. The van der Waals surface area contributed by atoms with Crippen LogP contribution in [0.3, 0.4) is 0 Å². The second kappa shape index (κ2) is 19.3. The van der Waals surface area contributed by atoms with Gasteiger partial charge in [0.1, 0.15) is 0 Å². The zero-order valence-electron chi connectivity index (χ0n) is 26.1. The maximum atomic E-state index is 12.8. The largest absolute Gasteiger partial charge is 0.490 e. The van der Waals surface area contributed by atoms with Gasteiger partial charge in [0, 0.05) is 24.2 Å². The lowest BCUT2D eigenvalue weighted by Crippen LogP contribution is -2.25. The molecule has 0 bridgehead atoms. The minimum atomic E-state index is -0.194. The van der Waals surface area contributed by atoms with Crippen molar-refractivity contribution in [3.05, 3.63) is 35.4 Å². The number of rotatable bonds is 21. The molecular weight excluding hydrogens is 540 g/mol. The van der Waals surface area contributed by atoms with E-state index in [0.29, 0.717) is 98.4 Å². The van der Waals surface area contributed by atoms with Crippen molar-refractivity contribution in [2.45, 2.75) is 67.2 Å². The molecule has 0 saturated heterocycles. The Bertz CT molecular complexity index is 980. The van der Waals surface area contributed by atoms with Crippen molar-refractivity contribution in [3.8, 4) is 34.5 Å². The summed E-state index contributed by atoms with van der Waals surface area (Å²) in [6.07, 6.45) is 3.48. The van der Waals surface area contributed by atoms with Gasteiger partial charge in [-0.3, -0.25) is 9.59 Å². The summed E-state index contributed by atoms with van der Waals surface area (Å²) in [5.74, 6) is 2.60. The van der Waals surface area contributed by atoms with Crippen LogP contribution in [0.2, 0.25) is 0 Å². The monoisotopic (exact) mass is 588 g/mol. The molecule has 0 aliphatic rings. The third-order valence-corrected chi connectivity index (χ3v) is 6.02. The highest BCUT2D eigenvalue weighted by Gasteiger charge is 2.19. The molecular formula is C32H48N2O8. The molecule has 2 amide bonds. The molecule has 0 heterocycles. The molecule has 0 aliphatic heterocycles. The molecule has 0 saturated carbocycles. The van der Waals surface area contributed by atoms with Crippen LogP contribution in [-0.4, -0.2) is 64.5 Å². The SMILES string of the molecule is CCOc1cc(C(=O)NCCCCCCNC(=O)c2cc(OCC)c(OCC)c(OCC)c2)cc(OCC)c1OCC. The summed E-state index contributed by atoms with van der Waals surface area (Å²) in [6.45, 7) is 15.1. The van der Waals surface area contributed by atoms with Crippen molar-refractivity contribution >= 4 is 11.8 Å². The van der Waals surface area contributed by atoms with Crippen molar-refractivity contribution in [1.29, 1.82) is 0 Å². The summed E-state index contributed by atoms with van der Waals surface area (Å²) in [5.41, 5.74) is 0.921. The van der Waals surface area contributed by atoms with Gasteiger partial charge in [-0.05, 0) is 78.6 Å². The Kier molecular flexibility index (Phi) is 15.8. The lowest BCUT2D eigenvalue weighted by Gasteiger charge is -2.17. The Morgan fingerprint density at radius 2 is 0.762 bits per heavy atom. The number of unbranched alkanes of at least 4 members (excludes halogenated alkanes) is 3. The molecule has 10 heteroatoms. The standard InChI is InChI=1S/C32H48N2O8/c1-7-37-25-19-23(20-26(38-8-2)29(25)41-11-5)31(35)33-17-15-13-14-16-18-34-32(36)24-21-27(39-9-3)30(42-12-6)28(22-24)40-10-4/h19-22H,7-18H2,1-6H3,(H,33,35)(H,34,36). The molecule has 0 aromatic heterocycles. The molecule has 0 unspecified atom stereocenters. The molecule has 0 aliphatic carbocycles. The molecule has 42 heavy (non-hydrogen) atoms. The number of benzene rings is 2. The van der Waals surface area contributed by atoms with Gasteiger partial charge in [0.2, 0.25) is 11.5 Å². The highest BCUT2D eigenvalue weighted by Crippen LogP contribution is 2.40. The first-order valence-corrected chi connectivity index (χ1v) is 15.1. The predicted molar refractivity (Wildman–Crippen MR) is 163 cm³/mol. The fourth-order valence-corrected chi connectivity index (χ4v) is 4.25. The average molecular weight is 589 g/mol. The van der Waals surface area contributed by atoms with Crippen LogP contribution in [0.1, 0.15) is 87.9 Å². The summed E-state index contributed by atoms with van der Waals surface area (Å²) in [4.78, 5) is 25.6. The molecule has 0 fully saturated rings. The van der Waals surface area contributed by atoms with Crippen molar-refractivity contribution in [3.63, 3.8) is 0 Å². The van der Waals surface area contributed by atoms with Gasteiger partial charge in [0.15, 0.2) is 23.0 Å². The van der Waals surface area contributed by atoms with Crippen molar-refractivity contribution in [2.75, 3.05) is 52.7 Å². The van der Waals surface area contributed by atoms with Crippen molar-refractivity contribution in [2.24, 2.45) is 0 Å². The fraction of sp³-hybridized carbons (Fsp3) is 0.562. The first-order chi connectivity index (χ1) is 20.4. The Labute approximate surface area is 250 Å². The minimum Gasteiger partial charge on any atom is -0.490 e. The summed E-state index contributed by atoms with van der Waals surface area (Å²) in [6, 6.07) is 6.75. The van der Waals surface area contributed by atoms with E-state index in [4.69, 9.17) is 28.4 Å². The first-order valence-electron chi connectivity index (χ1n) is 15.1. The van der Waals surface area contributed by atoms with Gasteiger partial charge >= 0.3 is 0 Å². The number of ether oxygens (including phenoxy) is 6. The lowest BCUT2D eigenvalue weighted by molar-refractivity contribution is 0.0942. The quantitative estimate of drug-likeness (QED) is 0.176. The van der Waals surface area contributed by atoms with Crippen molar-refractivity contribution in [1.82, 2.24) is 10.6 Å². The van der Waals surface area contributed by atoms with Crippen LogP contribution in [0.15, 0.2) is 24.3 Å². The number of amides is 2. The van der Waals surface area contributed by atoms with E-state index in [0.717, 1.165) is 25.7 Å². The molecule has 2 aromatic rings. The predicted octanol–water partition coefficient (Wildman–Crippen LogP) is 5.80. The highest BCUT2D eigenvalue weighted by molar-refractivity contribution is 5.96. The minimum absolute atomic E-state index is 0.194. The van der Waals surface area contributed by atoms with Gasteiger partial charge in [-0.1, -0.05) is 12.8 Å². The summed E-state index contributed by atoms with van der Waals surface area (Å²) in [5, 5.41) is 5.94. The summed E-state index contributed by atoms with van der Waals surface area (Å²) in [7, 11) is 0. The van der Waals surface area contributed by atoms with Gasteiger partial charge in [0.25, 0.3) is 11.8 Å². The molecule has 2 N–H and O–H groups in total. The Balaban J connectivity index is 1.82. The van der Waals surface area contributed by atoms with E-state index in [1.807, 2.05) is 41.5 Å². The van der Waals surface area contributed by atoms with Gasteiger partial charge in [-0.25, -0.2) is 0 Å². The van der Waals surface area contributed by atoms with E-state index in [9.17, 15) is 9.59 Å². The van der Waals surface area contributed by atoms with Crippen LogP contribution in [0.5, 0.6) is 34.5 Å². The molecule has 234 valence electrons. The highest BCUT2D eigenvalue weighted by atomic mass is 16.5. The zero-order valence-corrected chi connectivity index (χ0v) is 26.1. The Morgan fingerprint density at radius 1 is 0.476 bits per heavy atom. The molecule has 0 spiro atoms. The average Bonchev–Trinajstić information content (AvgIpc) is 2.97. The second-order valence-electron chi connectivity index (χ2n) is 9.13. The number of hydrogen-bond donors (Lipinski definition) is 2. The second-order valence-corrected chi connectivity index (χ2v) is 9.13. The van der Waals surface area contributed by atoms with Crippen molar-refractivity contribution < 1.29 is 38.0 Å². The number of carbonyl (C=O) groups excluding carboxylic acids is 2. The van der Waals surface area contributed by atoms with Crippen LogP contribution in [-0.2, 0) is 0 Å². The third-order valence-electron chi connectivity index (χ3n) is 6.02. The van der Waals surface area contributed by atoms with Crippen LogP contribution in [0, 0.1) is 0 Å². The molecule has 2 aromatic carbocycles. The number of hydrogen-bond acceptors (Lipinski definition) is 8. The molecule has 0 radical (unpaired) electrons. The maximum absolute atomic E-state index is 12.8. The fourth-order valence-electron chi connectivity index (χ4n) is 4.25. The van der Waals surface area contributed by atoms with Gasteiger partial charge < -0.3 is 39.1 Å². The molecule has 0 atom stereocenters. The van der Waals surface area contributed by atoms with Crippen LogP contribution in [0.4, 0.5) is 0 Å². The lowest BCUT2D eigenvalue weighted by atomic mass is 10.1. The molecule has 10 nitrogen and oxygen atoms in total. The van der Waals surface area contributed by atoms with E-state index in [2.05, 4.69) is 10.6 Å². The third kappa shape index (κ3) is 10.5. The van der Waals surface area contributed by atoms with E-state index in [1.54, 1.807) is 24.3 Å². The normalized spacial score (nSPS) is 10.5.